The summed E-state index contributed by atoms with van der Waals surface area (Å²) < 4.78 is 5.25. The topological polar surface area (TPSA) is 51.0 Å². The van der Waals surface area contributed by atoms with Gasteiger partial charge in [0.1, 0.15) is 0 Å². The van der Waals surface area contributed by atoms with Crippen LogP contribution in [0.1, 0.15) is 58.7 Å². The Bertz CT molecular complexity index is 379. The molecule has 0 bridgehead atoms. The molecule has 1 aromatic rings. The minimum atomic E-state index is -0.0808. The molecule has 1 heterocycles. The molecular weight excluding hydrogens is 238 g/mol. The van der Waals surface area contributed by atoms with Gasteiger partial charge in [-0.3, -0.25) is 0 Å². The molecule has 0 spiro atoms. The van der Waals surface area contributed by atoms with Crippen molar-refractivity contribution < 1.29 is 4.52 Å². The first kappa shape index (κ1) is 15.9. The Morgan fingerprint density at radius 2 is 2.16 bits per heavy atom. The smallest absolute Gasteiger partial charge is 0.232 e. The Kier molecular flexibility index (Phi) is 6.22. The summed E-state index contributed by atoms with van der Waals surface area (Å²) in [5.41, 5.74) is -0.0808. The Hall–Kier alpha value is -1.16. The lowest BCUT2D eigenvalue weighted by Crippen LogP contribution is -2.18. The van der Waals surface area contributed by atoms with E-state index in [9.17, 15) is 0 Å². The van der Waals surface area contributed by atoms with Crippen LogP contribution in [0.2, 0.25) is 0 Å². The van der Waals surface area contributed by atoms with Crippen LogP contribution in [0.4, 0.5) is 0 Å². The molecule has 1 atom stereocenters. The first-order valence-corrected chi connectivity index (χ1v) is 7.12. The number of allylic oxidation sites excluding steroid dienone is 1. The second-order valence-electron chi connectivity index (χ2n) is 6.03. The lowest BCUT2D eigenvalue weighted by Gasteiger charge is -2.12. The third-order valence-electron chi connectivity index (χ3n) is 3.20. The van der Waals surface area contributed by atoms with E-state index in [2.05, 4.69) is 49.7 Å². The molecule has 19 heavy (non-hydrogen) atoms. The molecule has 0 aromatic carbocycles. The van der Waals surface area contributed by atoms with Gasteiger partial charge in [0.25, 0.3) is 0 Å². The van der Waals surface area contributed by atoms with Gasteiger partial charge in [0.2, 0.25) is 5.89 Å². The highest BCUT2D eigenvalue weighted by molar-refractivity contribution is 4.98. The van der Waals surface area contributed by atoms with Gasteiger partial charge in [0.05, 0.1) is 6.54 Å². The van der Waals surface area contributed by atoms with Gasteiger partial charge in [-0.2, -0.15) is 4.98 Å². The molecule has 1 unspecified atom stereocenters. The molecule has 1 aromatic heterocycles. The normalized spacial score (nSPS) is 13.5. The van der Waals surface area contributed by atoms with Crippen molar-refractivity contribution in [1.82, 2.24) is 15.5 Å². The van der Waals surface area contributed by atoms with E-state index in [1.807, 2.05) is 6.08 Å². The summed E-state index contributed by atoms with van der Waals surface area (Å²) in [6.07, 6.45) is 5.45. The molecule has 1 N–H and O–H groups in total. The Morgan fingerprint density at radius 3 is 2.68 bits per heavy atom. The first-order chi connectivity index (χ1) is 8.97. The summed E-state index contributed by atoms with van der Waals surface area (Å²) in [4.78, 5) is 4.40. The van der Waals surface area contributed by atoms with Gasteiger partial charge < -0.3 is 9.84 Å². The van der Waals surface area contributed by atoms with Crippen LogP contribution in [-0.4, -0.2) is 16.7 Å². The molecule has 4 heteroatoms. The SMILES string of the molecule is C=CCC(CC)CCNCc1noc(C(C)(C)C)n1. The molecule has 0 amide bonds. The molecule has 0 aliphatic carbocycles. The van der Waals surface area contributed by atoms with Crippen molar-refractivity contribution in [1.29, 1.82) is 0 Å². The fraction of sp³-hybridized carbons (Fsp3) is 0.733. The van der Waals surface area contributed by atoms with Gasteiger partial charge in [-0.25, -0.2) is 0 Å². The lowest BCUT2D eigenvalue weighted by molar-refractivity contribution is 0.317. The molecule has 0 radical (unpaired) electrons. The van der Waals surface area contributed by atoms with Crippen LogP contribution in [0.15, 0.2) is 17.2 Å². The van der Waals surface area contributed by atoms with Gasteiger partial charge in [-0.15, -0.1) is 6.58 Å². The Balaban J connectivity index is 2.29. The van der Waals surface area contributed by atoms with E-state index < -0.39 is 0 Å². The van der Waals surface area contributed by atoms with Crippen LogP contribution in [0.3, 0.4) is 0 Å². The minimum absolute atomic E-state index is 0.0808. The van der Waals surface area contributed by atoms with Gasteiger partial charge in [0, 0.05) is 5.41 Å². The second-order valence-corrected chi connectivity index (χ2v) is 6.03. The number of nitrogens with one attached hydrogen (secondary N) is 1. The van der Waals surface area contributed by atoms with Crippen LogP contribution in [0.5, 0.6) is 0 Å². The molecule has 4 nitrogen and oxygen atoms in total. The van der Waals surface area contributed by atoms with E-state index in [0.717, 1.165) is 31.1 Å². The minimum Gasteiger partial charge on any atom is -0.339 e. The van der Waals surface area contributed by atoms with Crippen molar-refractivity contribution in [3.63, 3.8) is 0 Å². The summed E-state index contributed by atoms with van der Waals surface area (Å²) in [6, 6.07) is 0. The maximum Gasteiger partial charge on any atom is 0.232 e. The zero-order valence-electron chi connectivity index (χ0n) is 12.7. The number of hydrogen-bond acceptors (Lipinski definition) is 4. The number of nitrogens with zero attached hydrogens (tertiary/aromatic N) is 2. The monoisotopic (exact) mass is 265 g/mol. The number of rotatable bonds is 8. The van der Waals surface area contributed by atoms with Crippen LogP contribution in [0, 0.1) is 5.92 Å². The van der Waals surface area contributed by atoms with Gasteiger partial charge in [-0.05, 0) is 25.3 Å². The van der Waals surface area contributed by atoms with Crippen molar-refractivity contribution in [3.05, 3.63) is 24.4 Å². The third-order valence-corrected chi connectivity index (χ3v) is 3.20. The highest BCUT2D eigenvalue weighted by Gasteiger charge is 2.21. The lowest BCUT2D eigenvalue weighted by atomic mass is 9.97. The predicted octanol–water partition coefficient (Wildman–Crippen LogP) is 3.45. The first-order valence-electron chi connectivity index (χ1n) is 7.12. The van der Waals surface area contributed by atoms with Gasteiger partial charge >= 0.3 is 0 Å². The zero-order chi connectivity index (χ0) is 14.3. The second kappa shape index (κ2) is 7.43. The maximum absolute atomic E-state index is 5.25. The molecule has 0 aliphatic rings. The van der Waals surface area contributed by atoms with E-state index >= 15 is 0 Å². The Morgan fingerprint density at radius 1 is 1.42 bits per heavy atom. The summed E-state index contributed by atoms with van der Waals surface area (Å²) in [7, 11) is 0. The van der Waals surface area contributed by atoms with E-state index in [0.29, 0.717) is 12.4 Å². The highest BCUT2D eigenvalue weighted by atomic mass is 16.5. The Labute approximate surface area is 116 Å². The summed E-state index contributed by atoms with van der Waals surface area (Å²) in [6.45, 7) is 13.9. The average Bonchev–Trinajstić information content (AvgIpc) is 2.81. The fourth-order valence-corrected chi connectivity index (χ4v) is 1.86. The van der Waals surface area contributed by atoms with Crippen LogP contribution in [0.25, 0.3) is 0 Å². The van der Waals surface area contributed by atoms with Crippen molar-refractivity contribution in [3.8, 4) is 0 Å². The largest absolute Gasteiger partial charge is 0.339 e. The average molecular weight is 265 g/mol. The quantitative estimate of drug-likeness (QED) is 0.578. The standard InChI is InChI=1S/C15H27N3O/c1-6-8-12(7-2)9-10-16-11-13-17-14(19-18-13)15(3,4)5/h6,12,16H,1,7-11H2,2-5H3. The van der Waals surface area contributed by atoms with Crippen LogP contribution in [-0.2, 0) is 12.0 Å². The molecule has 0 saturated heterocycles. The molecule has 108 valence electrons. The van der Waals surface area contributed by atoms with Crippen molar-refractivity contribution >= 4 is 0 Å². The number of hydrogen-bond donors (Lipinski definition) is 1. The van der Waals surface area contributed by atoms with Crippen LogP contribution < -0.4 is 5.32 Å². The predicted molar refractivity (Wildman–Crippen MR) is 77.9 cm³/mol. The molecule has 0 aliphatic heterocycles. The summed E-state index contributed by atoms with van der Waals surface area (Å²) in [5, 5.41) is 7.36. The maximum atomic E-state index is 5.25. The van der Waals surface area contributed by atoms with E-state index in [-0.39, 0.29) is 5.41 Å². The molecule has 0 saturated carbocycles. The third kappa shape index (κ3) is 5.55. The summed E-state index contributed by atoms with van der Waals surface area (Å²) >= 11 is 0. The van der Waals surface area contributed by atoms with E-state index in [1.165, 1.54) is 6.42 Å². The number of aromatic nitrogens is 2. The van der Waals surface area contributed by atoms with Gasteiger partial charge in [0.15, 0.2) is 5.82 Å². The van der Waals surface area contributed by atoms with Crippen molar-refractivity contribution in [2.45, 2.75) is 58.9 Å². The van der Waals surface area contributed by atoms with Gasteiger partial charge in [-0.1, -0.05) is 45.3 Å². The highest BCUT2D eigenvalue weighted by Crippen LogP contribution is 2.19. The fourth-order valence-electron chi connectivity index (χ4n) is 1.86. The molecule has 0 fully saturated rings. The van der Waals surface area contributed by atoms with Crippen molar-refractivity contribution in [2.75, 3.05) is 6.54 Å². The van der Waals surface area contributed by atoms with E-state index in [4.69, 9.17) is 4.52 Å². The zero-order valence-corrected chi connectivity index (χ0v) is 12.7. The van der Waals surface area contributed by atoms with E-state index in [1.54, 1.807) is 0 Å². The van der Waals surface area contributed by atoms with Crippen LogP contribution >= 0.6 is 0 Å². The van der Waals surface area contributed by atoms with Crippen molar-refractivity contribution in [2.24, 2.45) is 5.92 Å². The molecule has 1 rings (SSSR count). The summed E-state index contributed by atoms with van der Waals surface area (Å²) in [5.74, 6) is 2.16. The molecular formula is C15H27N3O.